The van der Waals surface area contributed by atoms with E-state index in [0.29, 0.717) is 36.8 Å². The van der Waals surface area contributed by atoms with Crippen molar-refractivity contribution in [1.29, 1.82) is 0 Å². The summed E-state index contributed by atoms with van der Waals surface area (Å²) in [5.41, 5.74) is -1.24. The van der Waals surface area contributed by atoms with Crippen LogP contribution in [-0.4, -0.2) is 44.2 Å². The molecule has 2 aliphatic rings. The Morgan fingerprint density at radius 2 is 1.89 bits per heavy atom. The second-order valence-electron chi connectivity index (χ2n) is 9.62. The standard InChI is InChI=1S/C26H29N3O7/c1-11(2)25-28-17(36-29-25)8-7-9-27-13(4)18-15(31)10-16-26(6,24(18)34)20-22(33)12(3)21(32)19(14(5)30)23(20)35-16/h10-11,27,32-33H,7-9H2,1-6H3. The highest BCUT2D eigenvalue weighted by Crippen LogP contribution is 2.57. The van der Waals surface area contributed by atoms with Crippen molar-refractivity contribution in [2.24, 2.45) is 0 Å². The first kappa shape index (κ1) is 25.2. The third-order valence-corrected chi connectivity index (χ3v) is 6.72. The van der Waals surface area contributed by atoms with Gasteiger partial charge in [-0.25, -0.2) is 0 Å². The lowest BCUT2D eigenvalue weighted by Gasteiger charge is -2.29. The van der Waals surface area contributed by atoms with Gasteiger partial charge < -0.3 is 24.8 Å². The van der Waals surface area contributed by atoms with E-state index < -0.39 is 28.5 Å². The first-order valence-electron chi connectivity index (χ1n) is 11.8. The number of phenolic OH excluding ortho intramolecular Hbond substituents is 2. The summed E-state index contributed by atoms with van der Waals surface area (Å²) in [7, 11) is 0. The summed E-state index contributed by atoms with van der Waals surface area (Å²) < 4.78 is 11.0. The van der Waals surface area contributed by atoms with Gasteiger partial charge in [0.05, 0.1) is 11.1 Å². The molecular formula is C26H29N3O7. The zero-order valence-corrected chi connectivity index (χ0v) is 21.1. The minimum absolute atomic E-state index is 0.00389. The minimum atomic E-state index is -1.54. The van der Waals surface area contributed by atoms with E-state index in [1.54, 1.807) is 6.92 Å². The van der Waals surface area contributed by atoms with Crippen molar-refractivity contribution in [3.8, 4) is 17.2 Å². The highest BCUT2D eigenvalue weighted by molar-refractivity contribution is 6.31. The first-order chi connectivity index (χ1) is 16.9. The van der Waals surface area contributed by atoms with Crippen molar-refractivity contribution in [2.75, 3.05) is 6.54 Å². The number of ketones is 3. The molecule has 1 aromatic carbocycles. The lowest BCUT2D eigenvalue weighted by molar-refractivity contribution is -0.123. The number of ether oxygens (including phenoxy) is 1. The van der Waals surface area contributed by atoms with E-state index in [1.807, 2.05) is 13.8 Å². The van der Waals surface area contributed by atoms with Crippen molar-refractivity contribution in [1.82, 2.24) is 15.5 Å². The molecule has 10 nitrogen and oxygen atoms in total. The molecule has 0 fully saturated rings. The van der Waals surface area contributed by atoms with Crippen molar-refractivity contribution in [3.05, 3.63) is 51.5 Å². The van der Waals surface area contributed by atoms with Gasteiger partial charge in [-0.05, 0) is 34.1 Å². The lowest BCUT2D eigenvalue weighted by atomic mass is 9.70. The Kier molecular flexibility index (Phi) is 6.24. The monoisotopic (exact) mass is 495 g/mol. The molecule has 3 N–H and O–H groups in total. The number of fused-ring (bicyclic) bond motifs is 3. The van der Waals surface area contributed by atoms with E-state index in [4.69, 9.17) is 9.26 Å². The van der Waals surface area contributed by atoms with Crippen LogP contribution in [0.5, 0.6) is 17.2 Å². The van der Waals surface area contributed by atoms with E-state index in [2.05, 4.69) is 15.5 Å². The quantitative estimate of drug-likeness (QED) is 0.226. The van der Waals surface area contributed by atoms with Gasteiger partial charge in [0, 0.05) is 36.2 Å². The third kappa shape index (κ3) is 3.77. The smallest absolute Gasteiger partial charge is 0.226 e. The molecule has 1 aliphatic heterocycles. The van der Waals surface area contributed by atoms with Gasteiger partial charge in [0.1, 0.15) is 34.0 Å². The van der Waals surface area contributed by atoms with Gasteiger partial charge in [0.15, 0.2) is 23.2 Å². The molecule has 1 aromatic heterocycles. The maximum absolute atomic E-state index is 13.8. The SMILES string of the molecule is CC(=O)c1c(O)c(C)c(O)c2c1OC1=CC(=O)C(=C(C)NCCCc3nc(C(C)C)no3)C(=O)C12C. The number of nitrogens with zero attached hydrogens (tertiary/aromatic N) is 2. The number of carbonyl (C=O) groups is 3. The minimum Gasteiger partial charge on any atom is -0.507 e. The van der Waals surface area contributed by atoms with Crippen LogP contribution in [-0.2, 0) is 21.4 Å². The fraction of sp³-hybridized carbons (Fsp3) is 0.423. The molecular weight excluding hydrogens is 466 g/mol. The highest BCUT2D eigenvalue weighted by atomic mass is 16.5. The fourth-order valence-corrected chi connectivity index (χ4v) is 4.57. The Morgan fingerprint density at radius 1 is 1.19 bits per heavy atom. The van der Waals surface area contributed by atoms with E-state index in [0.717, 1.165) is 0 Å². The van der Waals surface area contributed by atoms with Crippen LogP contribution in [0.2, 0.25) is 0 Å². The van der Waals surface area contributed by atoms with Gasteiger partial charge in [0.2, 0.25) is 5.89 Å². The van der Waals surface area contributed by atoms with Crippen molar-refractivity contribution < 1.29 is 33.9 Å². The van der Waals surface area contributed by atoms with Gasteiger partial charge in [-0.1, -0.05) is 19.0 Å². The van der Waals surface area contributed by atoms with Crippen molar-refractivity contribution >= 4 is 17.3 Å². The number of allylic oxidation sites excluding steroid dienone is 4. The van der Waals surface area contributed by atoms with Crippen LogP contribution in [0.25, 0.3) is 0 Å². The number of benzene rings is 1. The van der Waals surface area contributed by atoms with Crippen LogP contribution < -0.4 is 10.1 Å². The largest absolute Gasteiger partial charge is 0.507 e. The van der Waals surface area contributed by atoms with E-state index in [1.165, 1.54) is 26.8 Å². The van der Waals surface area contributed by atoms with Crippen LogP contribution in [0.4, 0.5) is 0 Å². The summed E-state index contributed by atoms with van der Waals surface area (Å²) in [5.74, 6) is -1.16. The number of aromatic nitrogens is 2. The molecule has 190 valence electrons. The summed E-state index contributed by atoms with van der Waals surface area (Å²) in [6.07, 6.45) is 2.35. The Labute approximate surface area is 208 Å². The molecule has 0 radical (unpaired) electrons. The molecule has 36 heavy (non-hydrogen) atoms. The molecule has 4 rings (SSSR count). The number of aromatic hydroxyl groups is 2. The van der Waals surface area contributed by atoms with Gasteiger partial charge in [-0.2, -0.15) is 4.98 Å². The molecule has 10 heteroatoms. The van der Waals surface area contributed by atoms with Crippen LogP contribution >= 0.6 is 0 Å². The predicted octanol–water partition coefficient (Wildman–Crippen LogP) is 3.30. The molecule has 0 amide bonds. The van der Waals surface area contributed by atoms with Crippen molar-refractivity contribution in [2.45, 2.75) is 65.7 Å². The summed E-state index contributed by atoms with van der Waals surface area (Å²) in [4.78, 5) is 43.3. The number of hydrogen-bond donors (Lipinski definition) is 3. The summed E-state index contributed by atoms with van der Waals surface area (Å²) in [6, 6.07) is 0. The number of aryl methyl sites for hydroxylation is 1. The highest BCUT2D eigenvalue weighted by Gasteiger charge is 2.56. The number of carbonyl (C=O) groups excluding carboxylic acids is 3. The average molecular weight is 496 g/mol. The molecule has 0 saturated heterocycles. The van der Waals surface area contributed by atoms with Gasteiger partial charge in [0.25, 0.3) is 0 Å². The number of phenols is 2. The summed E-state index contributed by atoms with van der Waals surface area (Å²) in [5, 5.41) is 28.4. The average Bonchev–Trinajstić information content (AvgIpc) is 3.39. The van der Waals surface area contributed by atoms with E-state index in [-0.39, 0.29) is 45.4 Å². The third-order valence-electron chi connectivity index (χ3n) is 6.72. The van der Waals surface area contributed by atoms with Crippen LogP contribution in [0.15, 0.2) is 27.6 Å². The second-order valence-corrected chi connectivity index (χ2v) is 9.62. The summed E-state index contributed by atoms with van der Waals surface area (Å²) in [6.45, 7) is 10.3. The molecule has 0 bridgehead atoms. The normalized spacial score (nSPS) is 20.1. The summed E-state index contributed by atoms with van der Waals surface area (Å²) >= 11 is 0. The van der Waals surface area contributed by atoms with Gasteiger partial charge in [-0.15, -0.1) is 0 Å². The Hall–Kier alpha value is -3.95. The van der Waals surface area contributed by atoms with Crippen LogP contribution in [0, 0.1) is 6.92 Å². The molecule has 0 spiro atoms. The Balaban J connectivity index is 1.62. The second kappa shape index (κ2) is 8.92. The maximum atomic E-state index is 13.8. The first-order valence-corrected chi connectivity index (χ1v) is 11.8. The van der Waals surface area contributed by atoms with Crippen LogP contribution in [0.3, 0.4) is 0 Å². The molecule has 2 aromatic rings. The zero-order valence-electron chi connectivity index (χ0n) is 21.1. The van der Waals surface area contributed by atoms with Gasteiger partial charge >= 0.3 is 0 Å². The predicted molar refractivity (Wildman–Crippen MR) is 128 cm³/mol. The maximum Gasteiger partial charge on any atom is 0.226 e. The van der Waals surface area contributed by atoms with E-state index in [9.17, 15) is 24.6 Å². The number of hydrogen-bond acceptors (Lipinski definition) is 10. The fourth-order valence-electron chi connectivity index (χ4n) is 4.57. The van der Waals surface area contributed by atoms with Gasteiger partial charge in [-0.3, -0.25) is 14.4 Å². The molecule has 1 atom stereocenters. The van der Waals surface area contributed by atoms with E-state index >= 15 is 0 Å². The molecule has 0 saturated carbocycles. The molecule has 1 unspecified atom stereocenters. The Bertz CT molecular complexity index is 1370. The topological polar surface area (TPSA) is 152 Å². The Morgan fingerprint density at radius 3 is 2.50 bits per heavy atom. The molecule has 2 heterocycles. The number of nitrogens with one attached hydrogen (secondary N) is 1. The number of rotatable bonds is 7. The molecule has 1 aliphatic carbocycles. The van der Waals surface area contributed by atoms with Crippen molar-refractivity contribution in [3.63, 3.8) is 0 Å². The number of Topliss-reactive ketones (excluding diaryl/α,β-unsaturated/α-hetero) is 2. The lowest BCUT2D eigenvalue weighted by Crippen LogP contribution is -2.41. The zero-order chi connectivity index (χ0) is 26.5. The van der Waals surface area contributed by atoms with Crippen LogP contribution in [0.1, 0.15) is 80.2 Å².